The molecule has 0 radical (unpaired) electrons. The molecular weight excluding hydrogens is 216 g/mol. The summed E-state index contributed by atoms with van der Waals surface area (Å²) in [5, 5.41) is 0. The first kappa shape index (κ1) is 13.5. The first-order valence-electron chi connectivity index (χ1n) is 6.36. The van der Waals surface area contributed by atoms with Crippen molar-refractivity contribution in [3.63, 3.8) is 0 Å². The van der Waals surface area contributed by atoms with E-state index in [1.54, 1.807) is 0 Å². The van der Waals surface area contributed by atoms with Crippen molar-refractivity contribution in [1.82, 2.24) is 9.55 Å². The minimum Gasteiger partial charge on any atom is -0.417 e. The average Bonchev–Trinajstić information content (AvgIpc) is 2.83. The van der Waals surface area contributed by atoms with Crippen LogP contribution in [0.1, 0.15) is 27.2 Å². The Kier molecular flexibility index (Phi) is 5.77. The van der Waals surface area contributed by atoms with E-state index in [-0.39, 0.29) is 0 Å². The van der Waals surface area contributed by atoms with Gasteiger partial charge >= 0.3 is 0 Å². The van der Waals surface area contributed by atoms with Gasteiger partial charge in [0.15, 0.2) is 8.32 Å². The van der Waals surface area contributed by atoms with Crippen LogP contribution in [0.4, 0.5) is 0 Å². The third-order valence-electron chi connectivity index (χ3n) is 3.46. The lowest BCUT2D eigenvalue weighted by molar-refractivity contribution is 0.285. The Hall–Kier alpha value is -0.613. The molecule has 0 bridgehead atoms. The maximum Gasteiger partial charge on any atom is 0.191 e. The minimum absolute atomic E-state index is 0.903. The number of rotatable bonds is 8. The van der Waals surface area contributed by atoms with Crippen molar-refractivity contribution in [2.75, 3.05) is 6.61 Å². The first-order chi connectivity index (χ1) is 7.76. The molecule has 0 saturated heterocycles. The normalized spacial score (nSPS) is 11.9. The van der Waals surface area contributed by atoms with Gasteiger partial charge in [0.05, 0.1) is 6.33 Å². The van der Waals surface area contributed by atoms with Crippen LogP contribution in [0.2, 0.25) is 18.1 Å². The number of aryl methyl sites for hydroxylation is 1. The molecule has 0 atom stereocenters. The highest BCUT2D eigenvalue weighted by molar-refractivity contribution is 6.73. The van der Waals surface area contributed by atoms with Gasteiger partial charge in [0, 0.05) is 25.5 Å². The van der Waals surface area contributed by atoms with E-state index in [2.05, 4.69) is 30.3 Å². The molecular formula is C12H24N2OSi. The molecule has 0 saturated carbocycles. The smallest absolute Gasteiger partial charge is 0.191 e. The van der Waals surface area contributed by atoms with E-state index in [1.165, 1.54) is 18.1 Å². The van der Waals surface area contributed by atoms with Gasteiger partial charge in [0.1, 0.15) is 0 Å². The molecule has 1 aromatic heterocycles. The molecule has 0 aliphatic rings. The van der Waals surface area contributed by atoms with Crippen LogP contribution in [-0.2, 0) is 11.0 Å². The zero-order chi connectivity index (χ0) is 11.9. The fraction of sp³-hybridized carbons (Fsp3) is 0.750. The highest BCUT2D eigenvalue weighted by atomic mass is 28.4. The lowest BCUT2D eigenvalue weighted by Gasteiger charge is -2.27. The third kappa shape index (κ3) is 3.76. The number of nitrogens with zero attached hydrogens (tertiary/aromatic N) is 2. The van der Waals surface area contributed by atoms with Crippen molar-refractivity contribution in [3.8, 4) is 0 Å². The molecule has 3 nitrogen and oxygen atoms in total. The topological polar surface area (TPSA) is 27.1 Å². The Morgan fingerprint density at radius 3 is 2.38 bits per heavy atom. The molecule has 1 aromatic rings. The number of hydrogen-bond donors (Lipinski definition) is 0. The van der Waals surface area contributed by atoms with Crippen molar-refractivity contribution in [2.24, 2.45) is 0 Å². The van der Waals surface area contributed by atoms with Crippen molar-refractivity contribution in [3.05, 3.63) is 18.7 Å². The first-order valence-corrected chi connectivity index (χ1v) is 8.89. The fourth-order valence-corrected chi connectivity index (χ4v) is 4.70. The predicted octanol–water partition coefficient (Wildman–Crippen LogP) is 3.30. The maximum absolute atomic E-state index is 6.18. The van der Waals surface area contributed by atoms with Crippen LogP contribution in [0.25, 0.3) is 0 Å². The molecule has 0 N–H and O–H groups in total. The van der Waals surface area contributed by atoms with Crippen LogP contribution in [-0.4, -0.2) is 24.5 Å². The standard InChI is InChI=1S/C12H24N2OSi/c1-4-16(5-2,6-3)15-11-7-9-14-10-8-13-12-14/h8,10,12H,4-7,9,11H2,1-3H3. The van der Waals surface area contributed by atoms with E-state index in [0.717, 1.165) is 19.6 Å². The number of imidazole rings is 1. The Bertz CT molecular complexity index is 262. The lowest BCUT2D eigenvalue weighted by Crippen LogP contribution is -2.36. The van der Waals surface area contributed by atoms with Gasteiger partial charge in [-0.05, 0) is 24.6 Å². The highest BCUT2D eigenvalue weighted by Gasteiger charge is 2.28. The van der Waals surface area contributed by atoms with E-state index in [4.69, 9.17) is 4.43 Å². The van der Waals surface area contributed by atoms with Gasteiger partial charge in [0.2, 0.25) is 0 Å². The number of aromatic nitrogens is 2. The summed E-state index contributed by atoms with van der Waals surface area (Å²) in [4.78, 5) is 4.03. The Morgan fingerprint density at radius 1 is 1.19 bits per heavy atom. The van der Waals surface area contributed by atoms with Crippen LogP contribution in [0.3, 0.4) is 0 Å². The van der Waals surface area contributed by atoms with Crippen molar-refractivity contribution >= 4 is 8.32 Å². The van der Waals surface area contributed by atoms with Gasteiger partial charge in [-0.15, -0.1) is 0 Å². The Morgan fingerprint density at radius 2 is 1.88 bits per heavy atom. The number of hydrogen-bond acceptors (Lipinski definition) is 2. The van der Waals surface area contributed by atoms with Crippen molar-refractivity contribution < 1.29 is 4.43 Å². The molecule has 0 amide bonds. The summed E-state index contributed by atoms with van der Waals surface area (Å²) in [6.45, 7) is 8.74. The molecule has 0 aliphatic carbocycles. The molecule has 0 aromatic carbocycles. The highest BCUT2D eigenvalue weighted by Crippen LogP contribution is 2.21. The Balaban J connectivity index is 2.23. The maximum atomic E-state index is 6.18. The molecule has 4 heteroatoms. The van der Waals surface area contributed by atoms with E-state index < -0.39 is 8.32 Å². The summed E-state index contributed by atoms with van der Waals surface area (Å²) in [7, 11) is -1.36. The molecule has 16 heavy (non-hydrogen) atoms. The quantitative estimate of drug-likeness (QED) is 0.515. The molecule has 0 fully saturated rings. The van der Waals surface area contributed by atoms with E-state index in [1.807, 2.05) is 18.7 Å². The summed E-state index contributed by atoms with van der Waals surface area (Å²) in [5.74, 6) is 0. The van der Waals surface area contributed by atoms with Crippen LogP contribution in [0, 0.1) is 0 Å². The molecule has 0 unspecified atom stereocenters. The lowest BCUT2D eigenvalue weighted by atomic mass is 10.4. The minimum atomic E-state index is -1.36. The summed E-state index contributed by atoms with van der Waals surface area (Å²) >= 11 is 0. The fourth-order valence-electron chi connectivity index (χ4n) is 2.01. The van der Waals surface area contributed by atoms with Crippen molar-refractivity contribution in [2.45, 2.75) is 51.9 Å². The monoisotopic (exact) mass is 240 g/mol. The van der Waals surface area contributed by atoms with Gasteiger partial charge in [0.25, 0.3) is 0 Å². The van der Waals surface area contributed by atoms with Crippen LogP contribution in [0.5, 0.6) is 0 Å². The van der Waals surface area contributed by atoms with Gasteiger partial charge in [-0.1, -0.05) is 20.8 Å². The molecule has 92 valence electrons. The van der Waals surface area contributed by atoms with Crippen LogP contribution >= 0.6 is 0 Å². The second-order valence-electron chi connectivity index (χ2n) is 4.25. The van der Waals surface area contributed by atoms with Crippen molar-refractivity contribution in [1.29, 1.82) is 0 Å². The molecule has 0 aliphatic heterocycles. The van der Waals surface area contributed by atoms with E-state index in [9.17, 15) is 0 Å². The van der Waals surface area contributed by atoms with Crippen LogP contribution in [0.15, 0.2) is 18.7 Å². The summed E-state index contributed by atoms with van der Waals surface area (Å²) in [6.07, 6.45) is 6.78. The predicted molar refractivity (Wildman–Crippen MR) is 70.0 cm³/mol. The van der Waals surface area contributed by atoms with Crippen LogP contribution < -0.4 is 0 Å². The van der Waals surface area contributed by atoms with Gasteiger partial charge in [-0.25, -0.2) is 4.98 Å². The van der Waals surface area contributed by atoms with Gasteiger partial charge in [-0.3, -0.25) is 0 Å². The average molecular weight is 240 g/mol. The van der Waals surface area contributed by atoms with E-state index in [0.29, 0.717) is 0 Å². The van der Waals surface area contributed by atoms with E-state index >= 15 is 0 Å². The third-order valence-corrected chi connectivity index (χ3v) is 8.14. The zero-order valence-corrected chi connectivity index (χ0v) is 11.8. The molecule has 1 rings (SSSR count). The molecule has 0 spiro atoms. The Labute approximate surface area is 100.0 Å². The second kappa shape index (κ2) is 6.86. The summed E-state index contributed by atoms with van der Waals surface area (Å²) in [5.41, 5.74) is 0. The van der Waals surface area contributed by atoms with Gasteiger partial charge in [-0.2, -0.15) is 0 Å². The van der Waals surface area contributed by atoms with Gasteiger partial charge < -0.3 is 8.99 Å². The second-order valence-corrected chi connectivity index (χ2v) is 9.02. The molecule has 1 heterocycles. The summed E-state index contributed by atoms with van der Waals surface area (Å²) < 4.78 is 8.29. The summed E-state index contributed by atoms with van der Waals surface area (Å²) in [6, 6.07) is 3.72. The largest absolute Gasteiger partial charge is 0.417 e. The SMILES string of the molecule is CC[Si](CC)(CC)OCCCn1ccnc1. The zero-order valence-electron chi connectivity index (χ0n) is 10.8.